The topological polar surface area (TPSA) is 79.5 Å². The molecule has 0 aliphatic heterocycles. The molecule has 0 fully saturated rings. The van der Waals surface area contributed by atoms with Crippen molar-refractivity contribution in [2.45, 2.75) is 32.6 Å². The Kier molecular flexibility index (Phi) is 8.44. The third-order valence-electron chi connectivity index (χ3n) is 4.68. The van der Waals surface area contributed by atoms with Gasteiger partial charge in [0.1, 0.15) is 10.6 Å². The average Bonchev–Trinajstić information content (AvgIpc) is 3.10. The van der Waals surface area contributed by atoms with E-state index in [1.807, 2.05) is 12.1 Å². The molecule has 0 radical (unpaired) electrons. The number of thiophene rings is 1. The summed E-state index contributed by atoms with van der Waals surface area (Å²) in [6.07, 6.45) is 3.45. The lowest BCUT2D eigenvalue weighted by Crippen LogP contribution is -2.33. The smallest absolute Gasteiger partial charge is 0.269 e. The van der Waals surface area contributed by atoms with Gasteiger partial charge in [-0.2, -0.15) is 0 Å². The summed E-state index contributed by atoms with van der Waals surface area (Å²) in [6, 6.07) is 12.6. The van der Waals surface area contributed by atoms with E-state index >= 15 is 0 Å². The number of amides is 2. The average molecular weight is 490 g/mol. The minimum atomic E-state index is -0.395. The van der Waals surface area contributed by atoms with E-state index in [0.29, 0.717) is 33.4 Å². The Morgan fingerprint density at radius 2 is 1.84 bits per heavy atom. The first kappa shape index (κ1) is 24.0. The van der Waals surface area contributed by atoms with Gasteiger partial charge in [0, 0.05) is 27.9 Å². The lowest BCUT2D eigenvalue weighted by atomic mass is 10.2. The Morgan fingerprint density at radius 1 is 1.09 bits per heavy atom. The molecule has 3 N–H and O–H groups in total. The van der Waals surface area contributed by atoms with E-state index in [4.69, 9.17) is 28.6 Å². The number of methoxy groups -OCH3 is 1. The lowest BCUT2D eigenvalue weighted by molar-refractivity contribution is -0.116. The summed E-state index contributed by atoms with van der Waals surface area (Å²) in [4.78, 5) is 25.1. The number of carbonyl (C=O) groups is 2. The van der Waals surface area contributed by atoms with Crippen LogP contribution in [0.5, 0.6) is 5.75 Å². The second-order valence-electron chi connectivity index (χ2n) is 7.10. The van der Waals surface area contributed by atoms with Crippen molar-refractivity contribution in [3.63, 3.8) is 0 Å². The fraction of sp³-hybridized carbons (Fsp3) is 0.261. The summed E-state index contributed by atoms with van der Waals surface area (Å²) in [6.45, 7) is 2.10. The van der Waals surface area contributed by atoms with Gasteiger partial charge < -0.3 is 15.4 Å². The molecule has 168 valence electrons. The highest BCUT2D eigenvalue weighted by Crippen LogP contribution is 2.37. The fourth-order valence-corrected chi connectivity index (χ4v) is 4.73. The molecule has 0 saturated carbocycles. The highest BCUT2D eigenvalue weighted by atomic mass is 35.5. The molecule has 3 aromatic rings. The predicted octanol–water partition coefficient (Wildman–Crippen LogP) is 6.21. The molecule has 32 heavy (non-hydrogen) atoms. The van der Waals surface area contributed by atoms with Gasteiger partial charge in [0.05, 0.1) is 12.1 Å². The van der Waals surface area contributed by atoms with Gasteiger partial charge in [-0.25, -0.2) is 0 Å². The molecule has 1 aromatic heterocycles. The van der Waals surface area contributed by atoms with Gasteiger partial charge in [-0.3, -0.25) is 14.9 Å². The maximum Gasteiger partial charge on any atom is 0.269 e. The normalized spacial score (nSPS) is 10.6. The summed E-state index contributed by atoms with van der Waals surface area (Å²) in [5, 5.41) is 9.79. The summed E-state index contributed by atoms with van der Waals surface area (Å²) in [5.74, 6) is 0.271. The Labute approximate surface area is 201 Å². The Morgan fingerprint density at radius 3 is 2.56 bits per heavy atom. The number of benzene rings is 2. The first-order chi connectivity index (χ1) is 15.4. The van der Waals surface area contributed by atoms with Crippen LogP contribution in [0.25, 0.3) is 10.1 Å². The summed E-state index contributed by atoms with van der Waals surface area (Å²) < 4.78 is 6.07. The minimum absolute atomic E-state index is 0.0255. The van der Waals surface area contributed by atoms with Crippen molar-refractivity contribution in [2.24, 2.45) is 0 Å². The van der Waals surface area contributed by atoms with Crippen molar-refractivity contribution >= 4 is 73.5 Å². The number of anilines is 2. The van der Waals surface area contributed by atoms with E-state index in [1.54, 1.807) is 37.4 Å². The zero-order valence-electron chi connectivity index (χ0n) is 17.8. The number of nitrogens with one attached hydrogen (secondary N) is 3. The van der Waals surface area contributed by atoms with E-state index in [-0.39, 0.29) is 11.0 Å². The molecule has 1 heterocycles. The van der Waals surface area contributed by atoms with E-state index in [1.165, 1.54) is 11.3 Å². The summed E-state index contributed by atoms with van der Waals surface area (Å²) >= 11 is 13.0. The summed E-state index contributed by atoms with van der Waals surface area (Å²) in [7, 11) is 1.58. The number of rotatable bonds is 8. The van der Waals surface area contributed by atoms with Crippen LogP contribution < -0.4 is 20.7 Å². The Hall–Kier alpha value is -2.68. The van der Waals surface area contributed by atoms with E-state index in [0.717, 1.165) is 29.3 Å². The second kappa shape index (κ2) is 11.3. The standard InChI is InChI=1S/C23H24ClN3O3S2/c1-3-4-5-9-19(28)25-14-7-6-8-15(12-14)26-23(31)27-22(29)21-20(24)17-11-10-16(30-2)13-18(17)32-21/h6-8,10-13H,3-5,9H2,1-2H3,(H,25,28)(H2,26,27,29,31). The van der Waals surface area contributed by atoms with Crippen molar-refractivity contribution < 1.29 is 14.3 Å². The highest BCUT2D eigenvalue weighted by molar-refractivity contribution is 7.80. The van der Waals surface area contributed by atoms with Crippen LogP contribution in [-0.2, 0) is 4.79 Å². The maximum absolute atomic E-state index is 12.7. The molecule has 2 aromatic carbocycles. The van der Waals surface area contributed by atoms with Gasteiger partial charge in [-0.05, 0) is 55.0 Å². The number of thiocarbonyl (C=S) groups is 1. The lowest BCUT2D eigenvalue weighted by Gasteiger charge is -2.11. The van der Waals surface area contributed by atoms with Gasteiger partial charge in [0.15, 0.2) is 5.11 Å². The predicted molar refractivity (Wildman–Crippen MR) is 136 cm³/mol. The quantitative estimate of drug-likeness (QED) is 0.259. The van der Waals surface area contributed by atoms with Gasteiger partial charge in [0.2, 0.25) is 5.91 Å². The SMILES string of the molecule is CCCCCC(=O)Nc1cccc(NC(=S)NC(=O)c2sc3cc(OC)ccc3c2Cl)c1. The van der Waals surface area contributed by atoms with E-state index in [2.05, 4.69) is 22.9 Å². The fourth-order valence-electron chi connectivity index (χ4n) is 3.07. The van der Waals surface area contributed by atoms with Crippen molar-refractivity contribution in [2.75, 3.05) is 17.7 Å². The molecule has 3 rings (SSSR count). The van der Waals surface area contributed by atoms with Crippen LogP contribution >= 0.6 is 35.2 Å². The van der Waals surface area contributed by atoms with Crippen molar-refractivity contribution in [1.29, 1.82) is 0 Å². The first-order valence-corrected chi connectivity index (χ1v) is 11.8. The molecule has 2 amide bonds. The van der Waals surface area contributed by atoms with Crippen LogP contribution in [0.4, 0.5) is 11.4 Å². The molecular formula is C23H24ClN3O3S2. The van der Waals surface area contributed by atoms with Gasteiger partial charge in [-0.1, -0.05) is 37.4 Å². The molecule has 0 aliphatic carbocycles. The molecule has 0 aliphatic rings. The van der Waals surface area contributed by atoms with Crippen LogP contribution in [0.2, 0.25) is 5.02 Å². The molecule has 0 atom stereocenters. The second-order valence-corrected chi connectivity index (χ2v) is 8.94. The van der Waals surface area contributed by atoms with Gasteiger partial charge >= 0.3 is 0 Å². The molecule has 9 heteroatoms. The summed E-state index contributed by atoms with van der Waals surface area (Å²) in [5.41, 5.74) is 1.31. The van der Waals surface area contributed by atoms with E-state index < -0.39 is 5.91 Å². The van der Waals surface area contributed by atoms with Crippen molar-refractivity contribution in [3.8, 4) is 5.75 Å². The van der Waals surface area contributed by atoms with Crippen LogP contribution in [0, 0.1) is 0 Å². The number of fused-ring (bicyclic) bond motifs is 1. The molecular weight excluding hydrogens is 466 g/mol. The minimum Gasteiger partial charge on any atom is -0.497 e. The highest BCUT2D eigenvalue weighted by Gasteiger charge is 2.18. The largest absolute Gasteiger partial charge is 0.497 e. The molecule has 0 bridgehead atoms. The van der Waals surface area contributed by atoms with Gasteiger partial charge in [0.25, 0.3) is 5.91 Å². The number of ether oxygens (including phenoxy) is 1. The number of hydrogen-bond donors (Lipinski definition) is 3. The molecule has 0 saturated heterocycles. The third-order valence-corrected chi connectivity index (χ3v) is 6.54. The van der Waals surface area contributed by atoms with E-state index in [9.17, 15) is 9.59 Å². The first-order valence-electron chi connectivity index (χ1n) is 10.2. The molecule has 0 unspecified atom stereocenters. The maximum atomic E-state index is 12.7. The third kappa shape index (κ3) is 6.18. The number of hydrogen-bond acceptors (Lipinski definition) is 5. The zero-order chi connectivity index (χ0) is 23.1. The molecule has 0 spiro atoms. The zero-order valence-corrected chi connectivity index (χ0v) is 20.2. The van der Waals surface area contributed by atoms with Crippen molar-refractivity contribution in [1.82, 2.24) is 5.32 Å². The number of unbranched alkanes of at least 4 members (excludes halogenated alkanes) is 2. The Bertz CT molecular complexity index is 1150. The van der Waals surface area contributed by atoms with Crippen LogP contribution in [0.15, 0.2) is 42.5 Å². The van der Waals surface area contributed by atoms with Crippen molar-refractivity contribution in [3.05, 3.63) is 52.4 Å². The number of carbonyl (C=O) groups excluding carboxylic acids is 2. The van der Waals surface area contributed by atoms with Gasteiger partial charge in [-0.15, -0.1) is 11.3 Å². The van der Waals surface area contributed by atoms with Crippen LogP contribution in [0.3, 0.4) is 0 Å². The van der Waals surface area contributed by atoms with Crippen LogP contribution in [-0.4, -0.2) is 24.0 Å². The number of halogens is 1. The molecule has 6 nitrogen and oxygen atoms in total. The van der Waals surface area contributed by atoms with Crippen LogP contribution in [0.1, 0.15) is 42.3 Å². The monoisotopic (exact) mass is 489 g/mol. The Balaban J connectivity index is 1.62.